The second kappa shape index (κ2) is 5.04. The lowest BCUT2D eigenvalue weighted by Crippen LogP contribution is -2.39. The molecule has 0 spiro atoms. The number of hydrogen-bond donors (Lipinski definition) is 0. The first-order valence-electron chi connectivity index (χ1n) is 6.75. The Kier molecular flexibility index (Phi) is 3.13. The fourth-order valence-electron chi connectivity index (χ4n) is 2.82. The third-order valence-electron chi connectivity index (χ3n) is 3.86. The van der Waals surface area contributed by atoms with Gasteiger partial charge >= 0.3 is 0 Å². The molecule has 22 heavy (non-hydrogen) atoms. The van der Waals surface area contributed by atoms with Gasteiger partial charge in [0.2, 0.25) is 0 Å². The Hall–Kier alpha value is -1.98. The third kappa shape index (κ3) is 1.93. The number of carbonyl (C=O) groups is 2. The first-order valence-corrected chi connectivity index (χ1v) is 8.49. The van der Waals surface area contributed by atoms with Crippen LogP contribution in [0.5, 0.6) is 0 Å². The quantitative estimate of drug-likeness (QED) is 0.623. The zero-order valence-corrected chi connectivity index (χ0v) is 13.8. The van der Waals surface area contributed by atoms with Gasteiger partial charge in [-0.25, -0.2) is 0 Å². The van der Waals surface area contributed by atoms with Crippen LogP contribution >= 0.6 is 27.3 Å². The molecule has 2 amide bonds. The van der Waals surface area contributed by atoms with E-state index >= 15 is 0 Å². The SMILES string of the molecule is O=C1c2cccc3c(Br)ccc(c23)C(=O)N1Cc1ccsc1. The molecule has 1 aromatic heterocycles. The van der Waals surface area contributed by atoms with Gasteiger partial charge in [-0.3, -0.25) is 14.5 Å². The highest BCUT2D eigenvalue weighted by Gasteiger charge is 2.33. The molecule has 0 saturated carbocycles. The molecule has 2 heterocycles. The number of hydrogen-bond acceptors (Lipinski definition) is 3. The van der Waals surface area contributed by atoms with Gasteiger partial charge in [0.25, 0.3) is 11.8 Å². The molecule has 1 aliphatic rings. The topological polar surface area (TPSA) is 37.4 Å². The minimum absolute atomic E-state index is 0.229. The van der Waals surface area contributed by atoms with Crippen LogP contribution in [-0.2, 0) is 6.54 Å². The minimum atomic E-state index is -0.229. The van der Waals surface area contributed by atoms with Crippen LogP contribution in [0.2, 0.25) is 0 Å². The zero-order valence-electron chi connectivity index (χ0n) is 11.4. The third-order valence-corrected chi connectivity index (χ3v) is 5.28. The van der Waals surface area contributed by atoms with E-state index in [9.17, 15) is 9.59 Å². The summed E-state index contributed by atoms with van der Waals surface area (Å²) >= 11 is 5.04. The summed E-state index contributed by atoms with van der Waals surface area (Å²) in [7, 11) is 0. The van der Waals surface area contributed by atoms with E-state index in [1.165, 1.54) is 4.90 Å². The van der Waals surface area contributed by atoms with Gasteiger partial charge in [-0.05, 0) is 46.0 Å². The molecule has 0 N–H and O–H groups in total. The monoisotopic (exact) mass is 371 g/mol. The predicted octanol–water partition coefficient (Wildman–Crippen LogP) is 4.46. The highest BCUT2D eigenvalue weighted by molar-refractivity contribution is 9.10. The normalized spacial score (nSPS) is 14.0. The number of carbonyl (C=O) groups excluding carboxylic acids is 2. The predicted molar refractivity (Wildman–Crippen MR) is 90.2 cm³/mol. The Morgan fingerprint density at radius 3 is 2.50 bits per heavy atom. The van der Waals surface area contributed by atoms with Crippen molar-refractivity contribution in [2.75, 3.05) is 0 Å². The molecule has 0 unspecified atom stereocenters. The van der Waals surface area contributed by atoms with Gasteiger partial charge in [0, 0.05) is 21.0 Å². The van der Waals surface area contributed by atoms with Crippen LogP contribution in [-0.4, -0.2) is 16.7 Å². The number of rotatable bonds is 2. The van der Waals surface area contributed by atoms with E-state index in [0.717, 1.165) is 20.8 Å². The van der Waals surface area contributed by atoms with Gasteiger partial charge in [-0.2, -0.15) is 11.3 Å². The summed E-state index contributed by atoms with van der Waals surface area (Å²) in [6.07, 6.45) is 0. The first kappa shape index (κ1) is 13.7. The average molecular weight is 372 g/mol. The minimum Gasteiger partial charge on any atom is -0.270 e. The molecular formula is C17H10BrNO2S. The van der Waals surface area contributed by atoms with Crippen molar-refractivity contribution in [2.45, 2.75) is 6.54 Å². The molecule has 0 saturated heterocycles. The van der Waals surface area contributed by atoms with Gasteiger partial charge in [0.1, 0.15) is 0 Å². The maximum absolute atomic E-state index is 12.7. The first-order chi connectivity index (χ1) is 10.7. The highest BCUT2D eigenvalue weighted by atomic mass is 79.9. The second-order valence-corrected chi connectivity index (χ2v) is 6.79. The summed E-state index contributed by atoms with van der Waals surface area (Å²) in [5.74, 6) is -0.459. The van der Waals surface area contributed by atoms with Crippen LogP contribution in [0.3, 0.4) is 0 Å². The summed E-state index contributed by atoms with van der Waals surface area (Å²) in [4.78, 5) is 26.8. The molecule has 0 bridgehead atoms. The van der Waals surface area contributed by atoms with Gasteiger partial charge in [0.15, 0.2) is 0 Å². The molecule has 0 atom stereocenters. The summed E-state index contributed by atoms with van der Waals surface area (Å²) < 4.78 is 0.889. The number of benzene rings is 2. The van der Waals surface area contributed by atoms with E-state index in [1.54, 1.807) is 23.5 Å². The number of halogens is 1. The van der Waals surface area contributed by atoms with E-state index in [2.05, 4.69) is 15.9 Å². The van der Waals surface area contributed by atoms with Crippen molar-refractivity contribution in [1.82, 2.24) is 4.90 Å². The van der Waals surface area contributed by atoms with Crippen LogP contribution in [0.1, 0.15) is 26.3 Å². The van der Waals surface area contributed by atoms with Crippen molar-refractivity contribution in [3.63, 3.8) is 0 Å². The van der Waals surface area contributed by atoms with Gasteiger partial charge in [0.05, 0.1) is 6.54 Å². The fraction of sp³-hybridized carbons (Fsp3) is 0.0588. The van der Waals surface area contributed by atoms with Gasteiger partial charge < -0.3 is 0 Å². The Labute approximate surface area is 139 Å². The molecule has 3 nitrogen and oxygen atoms in total. The van der Waals surface area contributed by atoms with Crippen LogP contribution in [0.4, 0.5) is 0 Å². The van der Waals surface area contributed by atoms with Crippen LogP contribution in [0.25, 0.3) is 10.8 Å². The number of imide groups is 1. The Morgan fingerprint density at radius 1 is 1.00 bits per heavy atom. The Morgan fingerprint density at radius 2 is 1.77 bits per heavy atom. The van der Waals surface area contributed by atoms with Crippen LogP contribution < -0.4 is 0 Å². The molecule has 0 fully saturated rings. The summed E-state index contributed by atoms with van der Waals surface area (Å²) in [5, 5.41) is 5.54. The Bertz CT molecular complexity index is 896. The standard InChI is InChI=1S/C17H10BrNO2S/c18-14-5-4-13-15-11(14)2-1-3-12(15)16(20)19(17(13)21)8-10-6-7-22-9-10/h1-7,9H,8H2. The lowest BCUT2D eigenvalue weighted by atomic mass is 9.94. The average Bonchev–Trinajstić information content (AvgIpc) is 3.03. The van der Waals surface area contributed by atoms with E-state index in [1.807, 2.05) is 35.0 Å². The molecule has 2 aromatic carbocycles. The van der Waals surface area contributed by atoms with Gasteiger partial charge in [-0.15, -0.1) is 0 Å². The lowest BCUT2D eigenvalue weighted by molar-refractivity contribution is 0.0598. The van der Waals surface area contributed by atoms with Crippen molar-refractivity contribution < 1.29 is 9.59 Å². The number of amides is 2. The summed E-state index contributed by atoms with van der Waals surface area (Å²) in [5.41, 5.74) is 2.15. The zero-order chi connectivity index (χ0) is 15.3. The number of thiophene rings is 1. The van der Waals surface area contributed by atoms with E-state index in [0.29, 0.717) is 17.7 Å². The molecule has 5 heteroatoms. The van der Waals surface area contributed by atoms with Crippen molar-refractivity contribution in [1.29, 1.82) is 0 Å². The summed E-state index contributed by atoms with van der Waals surface area (Å²) in [6, 6.07) is 11.1. The molecule has 1 aliphatic heterocycles. The van der Waals surface area contributed by atoms with E-state index < -0.39 is 0 Å². The molecule has 4 rings (SSSR count). The maximum Gasteiger partial charge on any atom is 0.261 e. The van der Waals surface area contributed by atoms with Crippen LogP contribution in [0.15, 0.2) is 51.6 Å². The Balaban J connectivity index is 1.91. The van der Waals surface area contributed by atoms with Crippen LogP contribution in [0, 0.1) is 0 Å². The van der Waals surface area contributed by atoms with Crippen molar-refractivity contribution in [2.24, 2.45) is 0 Å². The molecule has 0 radical (unpaired) electrons. The largest absolute Gasteiger partial charge is 0.270 e. The molecule has 3 aromatic rings. The number of nitrogens with zero attached hydrogens (tertiary/aromatic N) is 1. The molecular weight excluding hydrogens is 362 g/mol. The lowest BCUT2D eigenvalue weighted by Gasteiger charge is -2.27. The van der Waals surface area contributed by atoms with Crippen molar-refractivity contribution >= 4 is 49.9 Å². The van der Waals surface area contributed by atoms with Gasteiger partial charge in [-0.1, -0.05) is 28.1 Å². The van der Waals surface area contributed by atoms with Crippen molar-refractivity contribution in [3.8, 4) is 0 Å². The second-order valence-electron chi connectivity index (χ2n) is 5.15. The smallest absolute Gasteiger partial charge is 0.261 e. The van der Waals surface area contributed by atoms with Crippen molar-refractivity contribution in [3.05, 3.63) is 68.3 Å². The summed E-state index contributed by atoms with van der Waals surface area (Å²) in [6.45, 7) is 0.313. The fourth-order valence-corrected chi connectivity index (χ4v) is 3.94. The highest BCUT2D eigenvalue weighted by Crippen LogP contribution is 2.34. The molecule has 0 aliphatic carbocycles. The van der Waals surface area contributed by atoms with E-state index in [4.69, 9.17) is 0 Å². The molecule has 108 valence electrons. The van der Waals surface area contributed by atoms with E-state index in [-0.39, 0.29) is 11.8 Å². The maximum atomic E-state index is 12.7.